The molecule has 0 aromatic rings. The third-order valence-corrected chi connectivity index (χ3v) is 3.29. The van der Waals surface area contributed by atoms with Crippen molar-refractivity contribution in [3.05, 3.63) is 12.2 Å². The van der Waals surface area contributed by atoms with E-state index in [-0.39, 0.29) is 12.5 Å². The first kappa shape index (κ1) is 18.2. The summed E-state index contributed by atoms with van der Waals surface area (Å²) in [6.45, 7) is 7.72. The molecule has 0 N–H and O–H groups in total. The number of nitrogens with zero attached hydrogens (tertiary/aromatic N) is 1. The number of carbonyl (C=O) groups is 3. The van der Waals surface area contributed by atoms with E-state index < -0.39 is 23.7 Å². The highest BCUT2D eigenvalue weighted by molar-refractivity contribution is 5.82. The fourth-order valence-electron chi connectivity index (χ4n) is 2.37. The van der Waals surface area contributed by atoms with E-state index in [4.69, 9.17) is 9.47 Å². The van der Waals surface area contributed by atoms with E-state index in [9.17, 15) is 14.4 Å². The van der Waals surface area contributed by atoms with Crippen molar-refractivity contribution in [2.75, 3.05) is 13.2 Å². The van der Waals surface area contributed by atoms with Crippen LogP contribution in [0.15, 0.2) is 12.2 Å². The number of amides is 1. The van der Waals surface area contributed by atoms with Gasteiger partial charge in [0.25, 0.3) is 0 Å². The molecule has 124 valence electrons. The summed E-state index contributed by atoms with van der Waals surface area (Å²) in [6, 6.07) is -0.676. The first-order chi connectivity index (χ1) is 10.3. The summed E-state index contributed by atoms with van der Waals surface area (Å²) in [5.41, 5.74) is -0.620. The molecule has 1 aliphatic heterocycles. The van der Waals surface area contributed by atoms with Crippen LogP contribution in [-0.2, 0) is 19.1 Å². The zero-order chi connectivity index (χ0) is 16.8. The molecule has 1 aliphatic rings. The summed E-state index contributed by atoms with van der Waals surface area (Å²) in [7, 11) is 0. The van der Waals surface area contributed by atoms with Crippen LogP contribution >= 0.6 is 0 Å². The average molecular weight is 311 g/mol. The van der Waals surface area contributed by atoms with Crippen LogP contribution in [0.4, 0.5) is 4.79 Å². The Morgan fingerprint density at radius 1 is 1.32 bits per heavy atom. The SMILES string of the molecule is CCOC(=O)C1CC(C=CC=O)CCN1C(=O)OC(C)(C)C. The Balaban J connectivity index is 2.85. The number of esters is 1. The van der Waals surface area contributed by atoms with Gasteiger partial charge in [-0.1, -0.05) is 6.08 Å². The maximum absolute atomic E-state index is 12.3. The van der Waals surface area contributed by atoms with Gasteiger partial charge in [0.15, 0.2) is 0 Å². The van der Waals surface area contributed by atoms with Gasteiger partial charge in [0.05, 0.1) is 6.61 Å². The van der Waals surface area contributed by atoms with E-state index >= 15 is 0 Å². The molecule has 2 atom stereocenters. The second-order valence-corrected chi connectivity index (χ2v) is 6.25. The van der Waals surface area contributed by atoms with Gasteiger partial charge in [-0.05, 0) is 52.5 Å². The summed E-state index contributed by atoms with van der Waals surface area (Å²) >= 11 is 0. The molecule has 1 amide bonds. The predicted molar refractivity (Wildman–Crippen MR) is 81.3 cm³/mol. The van der Waals surface area contributed by atoms with Gasteiger partial charge >= 0.3 is 12.1 Å². The largest absolute Gasteiger partial charge is 0.464 e. The molecule has 0 radical (unpaired) electrons. The lowest BCUT2D eigenvalue weighted by molar-refractivity contribution is -0.151. The van der Waals surface area contributed by atoms with Gasteiger partial charge in [-0.15, -0.1) is 0 Å². The zero-order valence-electron chi connectivity index (χ0n) is 13.7. The minimum atomic E-state index is -0.676. The zero-order valence-corrected chi connectivity index (χ0v) is 13.7. The summed E-state index contributed by atoms with van der Waals surface area (Å²) in [6.07, 6.45) is 4.51. The van der Waals surface area contributed by atoms with E-state index in [2.05, 4.69) is 0 Å². The standard InChI is InChI=1S/C16H25NO5/c1-5-21-14(19)13-11-12(7-6-10-18)8-9-17(13)15(20)22-16(2,3)4/h6-7,10,12-13H,5,8-9,11H2,1-4H3. The molecule has 6 heteroatoms. The van der Waals surface area contributed by atoms with Crippen LogP contribution in [0.5, 0.6) is 0 Å². The molecule has 22 heavy (non-hydrogen) atoms. The van der Waals surface area contributed by atoms with Crippen molar-refractivity contribution in [3.8, 4) is 0 Å². The Morgan fingerprint density at radius 3 is 2.55 bits per heavy atom. The molecular weight excluding hydrogens is 286 g/mol. The van der Waals surface area contributed by atoms with Gasteiger partial charge in [-0.25, -0.2) is 9.59 Å². The molecule has 2 unspecified atom stereocenters. The van der Waals surface area contributed by atoms with E-state index in [0.717, 1.165) is 0 Å². The molecular formula is C16H25NO5. The number of rotatable bonds is 4. The van der Waals surface area contributed by atoms with E-state index in [1.165, 1.54) is 11.0 Å². The Hall–Kier alpha value is -1.85. The number of piperidine rings is 1. The maximum atomic E-state index is 12.3. The molecule has 1 heterocycles. The highest BCUT2D eigenvalue weighted by atomic mass is 16.6. The normalized spacial score (nSPS) is 22.5. The summed E-state index contributed by atoms with van der Waals surface area (Å²) in [5, 5.41) is 0. The molecule has 0 aromatic carbocycles. The second kappa shape index (κ2) is 7.96. The molecule has 0 saturated carbocycles. The molecule has 0 spiro atoms. The van der Waals surface area contributed by atoms with E-state index in [1.807, 2.05) is 0 Å². The van der Waals surface area contributed by atoms with Crippen LogP contribution < -0.4 is 0 Å². The number of hydrogen-bond donors (Lipinski definition) is 0. The minimum absolute atomic E-state index is 0.0679. The molecule has 0 bridgehead atoms. The van der Waals surface area contributed by atoms with Crippen molar-refractivity contribution in [2.45, 2.75) is 52.2 Å². The first-order valence-corrected chi connectivity index (χ1v) is 7.56. The minimum Gasteiger partial charge on any atom is -0.464 e. The molecule has 1 rings (SSSR count). The lowest BCUT2D eigenvalue weighted by Crippen LogP contribution is -2.51. The van der Waals surface area contributed by atoms with Gasteiger partial charge < -0.3 is 9.47 Å². The van der Waals surface area contributed by atoms with Crippen molar-refractivity contribution in [2.24, 2.45) is 5.92 Å². The molecule has 1 saturated heterocycles. The lowest BCUT2D eigenvalue weighted by atomic mass is 9.90. The lowest BCUT2D eigenvalue weighted by Gasteiger charge is -2.37. The first-order valence-electron chi connectivity index (χ1n) is 7.56. The third-order valence-electron chi connectivity index (χ3n) is 3.29. The number of carbonyl (C=O) groups excluding carboxylic acids is 3. The predicted octanol–water partition coefficient (Wildman–Crippen LogP) is 2.32. The van der Waals surface area contributed by atoms with Gasteiger partial charge in [-0.2, -0.15) is 0 Å². The average Bonchev–Trinajstić information content (AvgIpc) is 2.43. The third kappa shape index (κ3) is 5.50. The topological polar surface area (TPSA) is 72.9 Å². The monoisotopic (exact) mass is 311 g/mol. The van der Waals surface area contributed by atoms with Crippen molar-refractivity contribution in [1.29, 1.82) is 0 Å². The van der Waals surface area contributed by atoms with Crippen molar-refractivity contribution in [3.63, 3.8) is 0 Å². The molecule has 1 fully saturated rings. The molecule has 0 aliphatic carbocycles. The number of ether oxygens (including phenoxy) is 2. The smallest absolute Gasteiger partial charge is 0.411 e. The molecule has 0 aromatic heterocycles. The second-order valence-electron chi connectivity index (χ2n) is 6.25. The molecule has 6 nitrogen and oxygen atoms in total. The maximum Gasteiger partial charge on any atom is 0.411 e. The fraction of sp³-hybridized carbons (Fsp3) is 0.688. The quantitative estimate of drug-likeness (QED) is 0.452. The van der Waals surface area contributed by atoms with Crippen LogP contribution in [0.2, 0.25) is 0 Å². The highest BCUT2D eigenvalue weighted by Gasteiger charge is 2.38. The number of aldehydes is 1. The van der Waals surface area contributed by atoms with Gasteiger partial charge in [0, 0.05) is 6.54 Å². The van der Waals surface area contributed by atoms with Gasteiger partial charge in [0.1, 0.15) is 17.9 Å². The van der Waals surface area contributed by atoms with Crippen LogP contribution in [0.1, 0.15) is 40.5 Å². The van der Waals surface area contributed by atoms with Crippen LogP contribution in [0.3, 0.4) is 0 Å². The van der Waals surface area contributed by atoms with Crippen LogP contribution in [0, 0.1) is 5.92 Å². The number of allylic oxidation sites excluding steroid dienone is 2. The highest BCUT2D eigenvalue weighted by Crippen LogP contribution is 2.26. The Labute approximate surface area is 131 Å². The Bertz CT molecular complexity index is 438. The fourth-order valence-corrected chi connectivity index (χ4v) is 2.37. The Kier molecular flexibility index (Phi) is 6.59. The van der Waals surface area contributed by atoms with E-state index in [0.29, 0.717) is 25.7 Å². The summed E-state index contributed by atoms with van der Waals surface area (Å²) in [4.78, 5) is 36.3. The Morgan fingerprint density at radius 2 is 2.00 bits per heavy atom. The number of likely N-dealkylation sites (tertiary alicyclic amines) is 1. The van der Waals surface area contributed by atoms with E-state index in [1.54, 1.807) is 33.8 Å². The van der Waals surface area contributed by atoms with Crippen molar-refractivity contribution in [1.82, 2.24) is 4.90 Å². The van der Waals surface area contributed by atoms with Crippen molar-refractivity contribution < 1.29 is 23.9 Å². The number of hydrogen-bond acceptors (Lipinski definition) is 5. The van der Waals surface area contributed by atoms with Crippen LogP contribution in [0.25, 0.3) is 0 Å². The summed E-state index contributed by atoms with van der Waals surface area (Å²) in [5.74, 6) is -0.365. The van der Waals surface area contributed by atoms with Gasteiger partial charge in [0.2, 0.25) is 0 Å². The van der Waals surface area contributed by atoms with Crippen molar-refractivity contribution >= 4 is 18.3 Å². The summed E-state index contributed by atoms with van der Waals surface area (Å²) < 4.78 is 10.4. The van der Waals surface area contributed by atoms with Gasteiger partial charge in [-0.3, -0.25) is 9.69 Å². The van der Waals surface area contributed by atoms with Crippen LogP contribution in [-0.4, -0.2) is 48.0 Å².